The van der Waals surface area contributed by atoms with Gasteiger partial charge in [-0.1, -0.05) is 60.2 Å². The molecular formula is C30H29NO3. The van der Waals surface area contributed by atoms with E-state index in [0.717, 1.165) is 39.4 Å². The average molecular weight is 452 g/mol. The molecule has 0 saturated carbocycles. The molecule has 2 unspecified atom stereocenters. The van der Waals surface area contributed by atoms with Gasteiger partial charge < -0.3 is 4.74 Å². The Bertz CT molecular complexity index is 1230. The van der Waals surface area contributed by atoms with Crippen molar-refractivity contribution in [1.82, 2.24) is 0 Å². The molecule has 0 spiro atoms. The van der Waals surface area contributed by atoms with E-state index in [-0.39, 0.29) is 29.9 Å². The number of nitrogens with zero attached hydrogens (tertiary/aromatic N) is 1. The second-order valence-electron chi connectivity index (χ2n) is 9.12. The molecule has 3 aromatic rings. The van der Waals surface area contributed by atoms with Gasteiger partial charge in [-0.15, -0.1) is 0 Å². The van der Waals surface area contributed by atoms with Crippen LogP contribution in [-0.2, 0) is 9.59 Å². The maximum atomic E-state index is 13.7. The maximum absolute atomic E-state index is 13.7. The van der Waals surface area contributed by atoms with Crippen molar-refractivity contribution >= 4 is 17.4 Å². The van der Waals surface area contributed by atoms with Gasteiger partial charge in [0.15, 0.2) is 5.78 Å². The van der Waals surface area contributed by atoms with E-state index in [1.165, 1.54) is 0 Å². The fourth-order valence-corrected chi connectivity index (χ4v) is 5.24. The Kier molecular flexibility index (Phi) is 6.06. The van der Waals surface area contributed by atoms with Gasteiger partial charge in [0.1, 0.15) is 5.75 Å². The Morgan fingerprint density at radius 3 is 2.21 bits per heavy atom. The number of Topliss-reactive ketones (excluding diaryl/α,β-unsaturated/α-hetero) is 1. The summed E-state index contributed by atoms with van der Waals surface area (Å²) in [6, 6.07) is 26.0. The number of allylic oxidation sites excluding steroid dienone is 2. The van der Waals surface area contributed by atoms with Crippen LogP contribution in [0, 0.1) is 6.92 Å². The smallest absolute Gasteiger partial charge is 0.232 e. The number of carbonyl (C=O) groups is 2. The van der Waals surface area contributed by atoms with E-state index in [4.69, 9.17) is 4.74 Å². The number of anilines is 1. The van der Waals surface area contributed by atoms with Crippen molar-refractivity contribution in [2.45, 2.75) is 44.9 Å². The first kappa shape index (κ1) is 22.1. The summed E-state index contributed by atoms with van der Waals surface area (Å²) in [7, 11) is 0. The summed E-state index contributed by atoms with van der Waals surface area (Å²) in [5.74, 6) is 0.789. The monoisotopic (exact) mass is 451 g/mol. The lowest BCUT2D eigenvalue weighted by Gasteiger charge is -2.40. The van der Waals surface area contributed by atoms with Crippen molar-refractivity contribution in [3.8, 4) is 5.75 Å². The van der Waals surface area contributed by atoms with Crippen LogP contribution >= 0.6 is 0 Å². The van der Waals surface area contributed by atoms with E-state index in [0.29, 0.717) is 19.4 Å². The zero-order valence-corrected chi connectivity index (χ0v) is 19.7. The summed E-state index contributed by atoms with van der Waals surface area (Å²) < 4.78 is 5.59. The lowest BCUT2D eigenvalue weighted by Crippen LogP contribution is -2.41. The molecule has 3 aromatic carbocycles. The second-order valence-corrected chi connectivity index (χ2v) is 9.12. The van der Waals surface area contributed by atoms with Crippen LogP contribution in [-0.4, -0.2) is 18.3 Å². The number of hydrogen-bond donors (Lipinski definition) is 0. The third-order valence-electron chi connectivity index (χ3n) is 6.89. The molecule has 0 saturated heterocycles. The first-order valence-electron chi connectivity index (χ1n) is 12.0. The molecule has 4 heteroatoms. The number of benzene rings is 3. The third kappa shape index (κ3) is 4.16. The van der Waals surface area contributed by atoms with Crippen LogP contribution in [0.5, 0.6) is 5.75 Å². The van der Waals surface area contributed by atoms with Crippen LogP contribution < -0.4 is 9.64 Å². The summed E-state index contributed by atoms with van der Waals surface area (Å²) in [6.07, 6.45) is 1.42. The SMILES string of the molecule is CCOc1ccc(N2C(=O)CC(c3ccc(C)cc3)C3=C2CC(c2ccccc2)CC3=O)cc1. The van der Waals surface area contributed by atoms with E-state index in [1.807, 2.05) is 56.3 Å². The van der Waals surface area contributed by atoms with E-state index in [9.17, 15) is 9.59 Å². The molecule has 2 atom stereocenters. The highest BCUT2D eigenvalue weighted by atomic mass is 16.5. The highest BCUT2D eigenvalue weighted by Gasteiger charge is 2.42. The van der Waals surface area contributed by atoms with Crippen molar-refractivity contribution < 1.29 is 14.3 Å². The molecule has 5 rings (SSSR count). The van der Waals surface area contributed by atoms with Gasteiger partial charge in [0.2, 0.25) is 5.91 Å². The minimum atomic E-state index is -0.203. The maximum Gasteiger partial charge on any atom is 0.232 e. The Labute approximate surface area is 200 Å². The van der Waals surface area contributed by atoms with Crippen molar-refractivity contribution in [3.63, 3.8) is 0 Å². The third-order valence-corrected chi connectivity index (χ3v) is 6.89. The molecule has 0 N–H and O–H groups in total. The molecule has 1 heterocycles. The molecule has 1 aliphatic carbocycles. The Morgan fingerprint density at radius 2 is 1.53 bits per heavy atom. The fraction of sp³-hybridized carbons (Fsp3) is 0.267. The number of hydrogen-bond acceptors (Lipinski definition) is 3. The van der Waals surface area contributed by atoms with Gasteiger partial charge >= 0.3 is 0 Å². The molecular weight excluding hydrogens is 422 g/mol. The van der Waals surface area contributed by atoms with Crippen molar-refractivity contribution in [1.29, 1.82) is 0 Å². The summed E-state index contributed by atoms with van der Waals surface area (Å²) >= 11 is 0. The van der Waals surface area contributed by atoms with E-state index >= 15 is 0 Å². The van der Waals surface area contributed by atoms with Gasteiger partial charge in [-0.25, -0.2) is 0 Å². The Balaban J connectivity index is 1.61. The van der Waals surface area contributed by atoms with Gasteiger partial charge in [-0.3, -0.25) is 14.5 Å². The highest BCUT2D eigenvalue weighted by molar-refractivity contribution is 6.08. The molecule has 1 aliphatic heterocycles. The summed E-state index contributed by atoms with van der Waals surface area (Å²) in [5.41, 5.74) is 5.75. The van der Waals surface area contributed by atoms with Crippen LogP contribution in [0.25, 0.3) is 0 Å². The predicted molar refractivity (Wildman–Crippen MR) is 134 cm³/mol. The molecule has 172 valence electrons. The summed E-state index contributed by atoms with van der Waals surface area (Å²) in [5, 5.41) is 0. The van der Waals surface area contributed by atoms with Crippen molar-refractivity contribution in [2.75, 3.05) is 11.5 Å². The molecule has 0 radical (unpaired) electrons. The molecule has 0 aromatic heterocycles. The van der Waals surface area contributed by atoms with Gasteiger partial charge in [-0.05, 0) is 61.6 Å². The number of ketones is 1. The fourth-order valence-electron chi connectivity index (χ4n) is 5.24. The minimum absolute atomic E-state index is 0.0231. The largest absolute Gasteiger partial charge is 0.494 e. The molecule has 2 aliphatic rings. The van der Waals surface area contributed by atoms with Crippen LogP contribution in [0.1, 0.15) is 54.7 Å². The number of carbonyl (C=O) groups excluding carboxylic acids is 2. The van der Waals surface area contributed by atoms with E-state index in [1.54, 1.807) is 4.90 Å². The number of aryl methyl sites for hydroxylation is 1. The number of rotatable bonds is 5. The minimum Gasteiger partial charge on any atom is -0.494 e. The first-order valence-corrected chi connectivity index (χ1v) is 12.0. The number of ether oxygens (including phenoxy) is 1. The zero-order valence-electron chi connectivity index (χ0n) is 19.7. The van der Waals surface area contributed by atoms with Gasteiger partial charge in [0, 0.05) is 35.7 Å². The summed E-state index contributed by atoms with van der Waals surface area (Å²) in [6.45, 7) is 4.58. The lowest BCUT2D eigenvalue weighted by molar-refractivity contribution is -0.120. The van der Waals surface area contributed by atoms with Crippen LogP contribution in [0.3, 0.4) is 0 Å². The van der Waals surface area contributed by atoms with Gasteiger partial charge in [0.05, 0.1) is 6.61 Å². The van der Waals surface area contributed by atoms with Crippen LogP contribution in [0.4, 0.5) is 5.69 Å². The normalized spacial score (nSPS) is 20.4. The molecule has 1 amide bonds. The highest BCUT2D eigenvalue weighted by Crippen LogP contribution is 2.47. The first-order chi connectivity index (χ1) is 16.5. The lowest BCUT2D eigenvalue weighted by atomic mass is 9.72. The van der Waals surface area contributed by atoms with Crippen molar-refractivity contribution in [2.24, 2.45) is 0 Å². The molecule has 0 bridgehead atoms. The van der Waals surface area contributed by atoms with Crippen LogP contribution in [0.15, 0.2) is 90.1 Å². The topological polar surface area (TPSA) is 46.6 Å². The Morgan fingerprint density at radius 1 is 0.824 bits per heavy atom. The van der Waals surface area contributed by atoms with E-state index in [2.05, 4.69) is 36.4 Å². The average Bonchev–Trinajstić information content (AvgIpc) is 2.85. The van der Waals surface area contributed by atoms with Crippen LogP contribution in [0.2, 0.25) is 0 Å². The van der Waals surface area contributed by atoms with Crippen molar-refractivity contribution in [3.05, 3.63) is 107 Å². The molecule has 34 heavy (non-hydrogen) atoms. The molecule has 0 fully saturated rings. The predicted octanol–water partition coefficient (Wildman–Crippen LogP) is 6.32. The Hall–Kier alpha value is -3.66. The van der Waals surface area contributed by atoms with Gasteiger partial charge in [-0.2, -0.15) is 0 Å². The van der Waals surface area contributed by atoms with Gasteiger partial charge in [0.25, 0.3) is 0 Å². The zero-order chi connectivity index (χ0) is 23.7. The van der Waals surface area contributed by atoms with E-state index < -0.39 is 0 Å². The standard InChI is InChI=1S/C30H29NO3/c1-3-34-25-15-13-24(14-16-25)31-27-17-23(21-7-5-4-6-8-21)18-28(32)30(27)26(19-29(31)33)22-11-9-20(2)10-12-22/h4-16,23,26H,3,17-19H2,1-2H3. The number of amides is 1. The molecule has 4 nitrogen and oxygen atoms in total. The summed E-state index contributed by atoms with van der Waals surface area (Å²) in [4.78, 5) is 29.1. The quantitative estimate of drug-likeness (QED) is 0.456. The second kappa shape index (κ2) is 9.30.